The molecular formula is C64H98N18O35S. The van der Waals surface area contributed by atoms with Gasteiger partial charge >= 0.3 is 59.7 Å². The van der Waals surface area contributed by atoms with Crippen LogP contribution in [0, 0.1) is 5.92 Å². The van der Waals surface area contributed by atoms with Crippen molar-refractivity contribution in [3.8, 4) is 0 Å². The molecule has 53 nitrogen and oxygen atoms in total. The van der Waals surface area contributed by atoms with Gasteiger partial charge in [-0.25, -0.2) is 0 Å². The van der Waals surface area contributed by atoms with Gasteiger partial charge in [0, 0.05) is 5.75 Å². The van der Waals surface area contributed by atoms with Crippen LogP contribution in [0.5, 0.6) is 0 Å². The van der Waals surface area contributed by atoms with Gasteiger partial charge in [0.25, 0.3) is 0 Å². The molecule has 15 atom stereocenters. The average molecular weight is 1710 g/mol. The molecule has 0 aromatic heterocycles. The van der Waals surface area contributed by atoms with Crippen LogP contribution in [0.4, 0.5) is 0 Å². The second kappa shape index (κ2) is 53.2. The van der Waals surface area contributed by atoms with E-state index in [1.165, 1.54) is 13.8 Å². The highest BCUT2D eigenvalue weighted by Gasteiger charge is 2.41. The minimum atomic E-state index is -2.50. The third kappa shape index (κ3) is 42.4. The zero-order valence-corrected chi connectivity index (χ0v) is 64.2. The summed E-state index contributed by atoms with van der Waals surface area (Å²) >= 11 is 3.83. The monoisotopic (exact) mass is 1710 g/mol. The predicted molar refractivity (Wildman–Crippen MR) is 392 cm³/mol. The van der Waals surface area contributed by atoms with Crippen LogP contribution in [0.2, 0.25) is 0 Å². The zero-order valence-electron chi connectivity index (χ0n) is 63.3. The molecule has 0 bridgehead atoms. The Morgan fingerprint density at radius 2 is 0.432 bits per heavy atom. The predicted octanol–water partition coefficient (Wildman–Crippen LogP) is -12.4. The summed E-state index contributed by atoms with van der Waals surface area (Å²) in [5, 5.41) is 124. The summed E-state index contributed by atoms with van der Waals surface area (Å²) in [5.74, 6) is -41.8. The van der Waals surface area contributed by atoms with Crippen molar-refractivity contribution in [3.63, 3.8) is 0 Å². The highest BCUT2D eigenvalue weighted by atomic mass is 32.1. The molecule has 15 amide bonds. The Morgan fingerprint density at radius 3 is 0.636 bits per heavy atom. The van der Waals surface area contributed by atoms with Crippen molar-refractivity contribution in [2.75, 3.05) is 18.8 Å². The molecule has 0 rings (SSSR count). The third-order valence-corrected chi connectivity index (χ3v) is 16.3. The van der Waals surface area contributed by atoms with Gasteiger partial charge in [0.05, 0.1) is 70.3 Å². The van der Waals surface area contributed by atoms with E-state index in [0.29, 0.717) is 0 Å². The highest BCUT2D eigenvalue weighted by Crippen LogP contribution is 2.13. The van der Waals surface area contributed by atoms with Crippen LogP contribution in [0.1, 0.15) is 130 Å². The number of aliphatic carboxylic acids is 10. The maximum Gasteiger partial charge on any atom is 0.305 e. The second-order valence-corrected chi connectivity index (χ2v) is 26.8. The topological polar surface area (TPSA) is 902 Å². The Labute approximate surface area is 672 Å². The minimum absolute atomic E-state index is 0.0431. The average Bonchev–Trinajstić information content (AvgIpc) is 0.858. The smallest absolute Gasteiger partial charge is 0.305 e. The number of carbonyl (C=O) groups is 25. The standard InChI is InChI=1S/C64H98N18O35S/c1-24(2)12-30(55(108)69-25(3)51(104)73-31(14-41(85)86)58(111)79-37(20-47(97)98)62(115)78-34(17-44(91)92)56(109)70-27(8-4-6-10-65)53(106)72-29(50(68)103)13-40(83)84)75-60(113)36(19-46(95)96)80-63(116)39(22-49(101)102)82-64(117)38(21-48(99)100)81-61(114)35(18-45(93)94)76-54(107)28(9-5-7-11-66)71-57(110)33(16-43(89)90)77-59(112)32(15-42(87)88)74-52(105)26(67)23-118/h24-39,118H,4-23,65-67H2,1-3H3,(H2,68,103)(H,69,108)(H,70,109)(H,71,110)(H,72,106)(H,73,104)(H,74,105)(H,75,113)(H,76,107)(H,77,112)(H,78,115)(H,79,111)(H,80,116)(H,81,114)(H,82,117)(H,83,84)(H,85,86)(H,87,88)(H,89,90)(H,91,92)(H,93,94)(H,95,96)(H,97,98)(H,99,100)(H,101,102)/t25-,26-,27-,28-,29-,30-,31-,32-,33-,34-,35-,36-,37-,38-,39-/m0/s1. The van der Waals surface area contributed by atoms with Gasteiger partial charge in [-0.1, -0.05) is 13.8 Å². The Kier molecular flexibility index (Phi) is 47.3. The number of carboxylic acids is 10. The van der Waals surface area contributed by atoms with E-state index in [0.717, 1.165) is 6.92 Å². The van der Waals surface area contributed by atoms with Gasteiger partial charge < -0.3 is 148 Å². The Balaban J connectivity index is 7.08. The molecule has 0 aliphatic heterocycles. The molecule has 0 aliphatic rings. The molecule has 660 valence electrons. The SMILES string of the molecule is CC(C)C[C@H](NC(=O)[C@H](CC(=O)O)NC(=O)[C@H](CC(=O)O)NC(=O)[C@H](CC(=O)O)NC(=O)[C@H](CC(=O)O)NC(=O)[C@H](CCCCN)NC(=O)[C@H](CC(=O)O)NC(=O)[C@H](CC(=O)O)NC(=O)[C@@H](N)CS)C(=O)N[C@@H](C)C(=O)N[C@@H](CC(=O)O)C(=O)N[C@@H](CC(=O)O)C(=O)N[C@@H](CC(=O)O)C(=O)N[C@@H](CCCCN)C(=O)N[C@@H](CC(=O)O)C(N)=O. The van der Waals surface area contributed by atoms with Crippen molar-refractivity contribution in [2.45, 2.75) is 221 Å². The van der Waals surface area contributed by atoms with Crippen LogP contribution in [0.15, 0.2) is 0 Å². The molecule has 0 unspecified atom stereocenters. The second-order valence-electron chi connectivity index (χ2n) is 26.4. The van der Waals surface area contributed by atoms with Crippen LogP contribution >= 0.6 is 12.6 Å². The Hall–Kier alpha value is -13.0. The van der Waals surface area contributed by atoms with Crippen LogP contribution in [-0.2, 0) is 120 Å². The zero-order chi connectivity index (χ0) is 90.7. The van der Waals surface area contributed by atoms with Crippen LogP contribution in [0.25, 0.3) is 0 Å². The molecule has 0 aromatic rings. The van der Waals surface area contributed by atoms with Crippen molar-refractivity contribution in [3.05, 3.63) is 0 Å². The summed E-state index contributed by atoms with van der Waals surface area (Å²) in [6.45, 7) is 3.79. The van der Waals surface area contributed by atoms with E-state index in [1.54, 1.807) is 10.6 Å². The molecule has 0 radical (unpaired) electrons. The van der Waals surface area contributed by atoms with E-state index in [9.17, 15) is 171 Å². The number of rotatable bonds is 60. The summed E-state index contributed by atoms with van der Waals surface area (Å²) in [7, 11) is 0. The lowest BCUT2D eigenvalue weighted by atomic mass is 10.0. The molecule has 0 saturated heterocycles. The van der Waals surface area contributed by atoms with Crippen molar-refractivity contribution in [1.29, 1.82) is 0 Å². The van der Waals surface area contributed by atoms with E-state index in [2.05, 4.69) is 33.9 Å². The molecule has 0 spiro atoms. The van der Waals surface area contributed by atoms with E-state index in [-0.39, 0.29) is 50.9 Å². The van der Waals surface area contributed by atoms with E-state index in [1.807, 2.05) is 42.5 Å². The van der Waals surface area contributed by atoms with Gasteiger partial charge in [-0.05, 0) is 70.9 Å². The lowest BCUT2D eigenvalue weighted by molar-refractivity contribution is -0.145. The summed E-state index contributed by atoms with van der Waals surface area (Å²) in [5.41, 5.74) is 21.9. The first-order valence-corrected chi connectivity index (χ1v) is 36.0. The molecular weight excluding hydrogens is 1610 g/mol. The van der Waals surface area contributed by atoms with E-state index >= 15 is 0 Å². The van der Waals surface area contributed by atoms with Crippen molar-refractivity contribution in [2.24, 2.45) is 28.9 Å². The Bertz CT molecular complexity index is 3720. The number of primary amides is 1. The first kappa shape index (κ1) is 105. The number of hydrogen-bond donors (Lipinski definition) is 29. The van der Waals surface area contributed by atoms with Gasteiger partial charge in [0.2, 0.25) is 88.6 Å². The number of amides is 15. The molecule has 0 heterocycles. The highest BCUT2D eigenvalue weighted by molar-refractivity contribution is 7.80. The number of nitrogens with two attached hydrogens (primary N) is 4. The number of thiol groups is 1. The maximum atomic E-state index is 14.0. The van der Waals surface area contributed by atoms with Gasteiger partial charge in [-0.2, -0.15) is 12.6 Å². The number of carboxylic acid groups (broad SMARTS) is 10. The lowest BCUT2D eigenvalue weighted by Gasteiger charge is -2.27. The molecule has 0 fully saturated rings. The van der Waals surface area contributed by atoms with Crippen LogP contribution in [-0.4, -0.2) is 309 Å². The van der Waals surface area contributed by atoms with Crippen molar-refractivity contribution < 1.29 is 171 Å². The number of hydrogen-bond acceptors (Lipinski definition) is 29. The maximum absolute atomic E-state index is 14.0. The van der Waals surface area contributed by atoms with Crippen molar-refractivity contribution in [1.82, 2.24) is 74.4 Å². The first-order chi connectivity index (χ1) is 54.9. The fraction of sp³-hybridized carbons (Fsp3) is 0.609. The van der Waals surface area contributed by atoms with E-state index in [4.69, 9.17) is 22.9 Å². The molecule has 0 aliphatic carbocycles. The quantitative estimate of drug-likeness (QED) is 0.0199. The van der Waals surface area contributed by atoms with Crippen LogP contribution in [0.3, 0.4) is 0 Å². The third-order valence-electron chi connectivity index (χ3n) is 15.9. The number of carbonyl (C=O) groups excluding carboxylic acids is 15. The van der Waals surface area contributed by atoms with Crippen LogP contribution < -0.4 is 97.4 Å². The number of unbranched alkanes of at least 4 members (excludes halogenated alkanes) is 2. The molecule has 118 heavy (non-hydrogen) atoms. The normalized spacial score (nSPS) is 14.7. The molecule has 0 saturated carbocycles. The summed E-state index contributed by atoms with van der Waals surface area (Å²) in [6.07, 6.45) is -14.4. The van der Waals surface area contributed by atoms with Crippen molar-refractivity contribution >= 4 is 161 Å². The van der Waals surface area contributed by atoms with E-state index < -0.39 is 322 Å². The number of nitrogens with one attached hydrogen (secondary N) is 14. The van der Waals surface area contributed by atoms with Gasteiger partial charge in [0.15, 0.2) is 0 Å². The van der Waals surface area contributed by atoms with Gasteiger partial charge in [-0.15, -0.1) is 0 Å². The minimum Gasteiger partial charge on any atom is -0.481 e. The first-order valence-electron chi connectivity index (χ1n) is 35.4. The molecule has 32 N–H and O–H groups in total. The fourth-order valence-electron chi connectivity index (χ4n) is 10.1. The summed E-state index contributed by atoms with van der Waals surface area (Å²) < 4.78 is 0. The summed E-state index contributed by atoms with van der Waals surface area (Å²) in [6, 6.07) is -31.6. The lowest BCUT2D eigenvalue weighted by Crippen LogP contribution is -2.61. The summed E-state index contributed by atoms with van der Waals surface area (Å²) in [4.78, 5) is 323. The largest absolute Gasteiger partial charge is 0.481 e. The van der Waals surface area contributed by atoms with Gasteiger partial charge in [0.1, 0.15) is 84.6 Å². The molecule has 54 heteroatoms. The molecule has 0 aromatic carbocycles. The fourth-order valence-corrected chi connectivity index (χ4v) is 10.3. The Morgan fingerprint density at radius 1 is 0.254 bits per heavy atom. The van der Waals surface area contributed by atoms with Gasteiger partial charge in [-0.3, -0.25) is 120 Å².